The second kappa shape index (κ2) is 10.4. The second-order valence-corrected chi connectivity index (χ2v) is 10.3. The number of carbonyl (C=O) groups excluding carboxylic acids is 2. The maximum atomic E-state index is 13.0. The van der Waals surface area contributed by atoms with Gasteiger partial charge in [-0.15, -0.1) is 0 Å². The number of anilines is 1. The molecular formula is C25H29N3O5S. The third-order valence-electron chi connectivity index (χ3n) is 6.08. The molecule has 0 aromatic heterocycles. The molecule has 4 rings (SSSR count). The molecule has 0 aliphatic carbocycles. The lowest BCUT2D eigenvalue weighted by atomic mass is 10.1. The van der Waals surface area contributed by atoms with Gasteiger partial charge < -0.3 is 15.0 Å². The van der Waals surface area contributed by atoms with Gasteiger partial charge in [0.25, 0.3) is 11.8 Å². The lowest BCUT2D eigenvalue weighted by molar-refractivity contribution is -0.127. The van der Waals surface area contributed by atoms with E-state index in [2.05, 4.69) is 5.32 Å². The number of para-hydroxylation sites is 2. The van der Waals surface area contributed by atoms with Crippen molar-refractivity contribution in [2.45, 2.75) is 36.7 Å². The van der Waals surface area contributed by atoms with E-state index >= 15 is 0 Å². The van der Waals surface area contributed by atoms with E-state index in [-0.39, 0.29) is 23.3 Å². The summed E-state index contributed by atoms with van der Waals surface area (Å²) >= 11 is 0. The van der Waals surface area contributed by atoms with Crippen LogP contribution in [0.15, 0.2) is 59.5 Å². The largest absolute Gasteiger partial charge is 0.477 e. The van der Waals surface area contributed by atoms with E-state index in [0.717, 1.165) is 25.7 Å². The Bertz CT molecular complexity index is 1170. The Labute approximate surface area is 200 Å². The summed E-state index contributed by atoms with van der Waals surface area (Å²) in [6.07, 6.45) is 6.13. The maximum absolute atomic E-state index is 13.0. The van der Waals surface area contributed by atoms with E-state index in [1.165, 1.54) is 18.0 Å². The molecule has 0 radical (unpaired) electrons. The summed E-state index contributed by atoms with van der Waals surface area (Å²) in [4.78, 5) is 26.9. The Morgan fingerprint density at radius 1 is 1.00 bits per heavy atom. The van der Waals surface area contributed by atoms with Gasteiger partial charge in [0, 0.05) is 26.2 Å². The van der Waals surface area contributed by atoms with Crippen LogP contribution in [-0.4, -0.2) is 57.3 Å². The third kappa shape index (κ3) is 5.15. The molecule has 0 spiro atoms. The van der Waals surface area contributed by atoms with Crippen LogP contribution >= 0.6 is 0 Å². The average Bonchev–Trinajstić information content (AvgIpc) is 3.16. The number of hydrogen-bond acceptors (Lipinski definition) is 5. The molecule has 1 saturated heterocycles. The first-order valence-corrected chi connectivity index (χ1v) is 12.9. The average molecular weight is 484 g/mol. The van der Waals surface area contributed by atoms with E-state index in [4.69, 9.17) is 4.74 Å². The normalized spacial score (nSPS) is 19.2. The van der Waals surface area contributed by atoms with Crippen LogP contribution in [0.5, 0.6) is 5.75 Å². The Morgan fingerprint density at radius 2 is 1.68 bits per heavy atom. The van der Waals surface area contributed by atoms with Crippen molar-refractivity contribution >= 4 is 33.6 Å². The fourth-order valence-corrected chi connectivity index (χ4v) is 5.70. The molecule has 9 heteroatoms. The molecule has 2 aliphatic heterocycles. The van der Waals surface area contributed by atoms with Gasteiger partial charge in [-0.1, -0.05) is 37.1 Å². The Balaban J connectivity index is 1.49. The summed E-state index contributed by atoms with van der Waals surface area (Å²) < 4.78 is 33.2. The van der Waals surface area contributed by atoms with Gasteiger partial charge in [0.1, 0.15) is 5.75 Å². The third-order valence-corrected chi connectivity index (χ3v) is 7.99. The first kappa shape index (κ1) is 24.0. The van der Waals surface area contributed by atoms with E-state index in [1.807, 2.05) is 0 Å². The number of benzene rings is 2. The zero-order chi connectivity index (χ0) is 24.1. The molecule has 0 saturated carbocycles. The molecule has 2 aliphatic rings. The standard InChI is InChI=1S/C25H29N3O5S/c1-26-25(30)23-18-28(21-8-4-5-9-22(21)33-23)24(29)15-12-19-10-13-20(14-11-19)34(31,32)27-16-6-2-3-7-17-27/h4-5,8-15,23H,2-3,6-7,16-18H2,1H3,(H,26,30)/b15-12+/t23-/m1/s1. The van der Waals surface area contributed by atoms with Crippen molar-refractivity contribution in [3.8, 4) is 5.75 Å². The van der Waals surface area contributed by atoms with Crippen LogP contribution in [0.3, 0.4) is 0 Å². The van der Waals surface area contributed by atoms with Gasteiger partial charge in [0.15, 0.2) is 6.10 Å². The number of ether oxygens (including phenoxy) is 1. The van der Waals surface area contributed by atoms with Gasteiger partial charge in [0.05, 0.1) is 17.1 Å². The fourth-order valence-electron chi connectivity index (χ4n) is 4.18. The summed E-state index contributed by atoms with van der Waals surface area (Å²) in [5.41, 5.74) is 1.30. The van der Waals surface area contributed by atoms with Crippen molar-refractivity contribution in [2.24, 2.45) is 0 Å². The van der Waals surface area contributed by atoms with Gasteiger partial charge in [-0.2, -0.15) is 4.31 Å². The molecule has 2 aromatic rings. The van der Waals surface area contributed by atoms with Gasteiger partial charge in [-0.3, -0.25) is 9.59 Å². The van der Waals surface area contributed by atoms with Crippen LogP contribution < -0.4 is 15.0 Å². The molecule has 34 heavy (non-hydrogen) atoms. The van der Waals surface area contributed by atoms with Crippen LogP contribution in [-0.2, 0) is 19.6 Å². The number of amides is 2. The van der Waals surface area contributed by atoms with Gasteiger partial charge in [-0.25, -0.2) is 8.42 Å². The first-order chi connectivity index (χ1) is 16.4. The summed E-state index contributed by atoms with van der Waals surface area (Å²) in [7, 11) is -2.00. The molecule has 0 unspecified atom stereocenters. The molecular weight excluding hydrogens is 454 g/mol. The topological polar surface area (TPSA) is 96.0 Å². The predicted molar refractivity (Wildman–Crippen MR) is 130 cm³/mol. The zero-order valence-corrected chi connectivity index (χ0v) is 20.0. The second-order valence-electron chi connectivity index (χ2n) is 8.36. The zero-order valence-electron chi connectivity index (χ0n) is 19.1. The van der Waals surface area contributed by atoms with E-state index in [1.54, 1.807) is 58.9 Å². The monoisotopic (exact) mass is 483 g/mol. The van der Waals surface area contributed by atoms with Crippen molar-refractivity contribution < 1.29 is 22.7 Å². The molecule has 180 valence electrons. The molecule has 2 heterocycles. The van der Waals surface area contributed by atoms with Crippen molar-refractivity contribution in [1.29, 1.82) is 0 Å². The maximum Gasteiger partial charge on any atom is 0.262 e. The molecule has 1 N–H and O–H groups in total. The molecule has 1 atom stereocenters. The number of sulfonamides is 1. The number of nitrogens with one attached hydrogen (secondary N) is 1. The van der Waals surface area contributed by atoms with Crippen molar-refractivity contribution in [2.75, 3.05) is 31.6 Å². The molecule has 1 fully saturated rings. The Morgan fingerprint density at radius 3 is 2.35 bits per heavy atom. The van der Waals surface area contributed by atoms with E-state index in [0.29, 0.717) is 30.1 Å². The smallest absolute Gasteiger partial charge is 0.262 e. The van der Waals surface area contributed by atoms with Crippen LogP contribution in [0.25, 0.3) is 6.08 Å². The summed E-state index contributed by atoms with van der Waals surface area (Å²) in [6, 6.07) is 13.6. The van der Waals surface area contributed by atoms with Crippen molar-refractivity contribution in [3.05, 3.63) is 60.2 Å². The molecule has 2 aromatic carbocycles. The van der Waals surface area contributed by atoms with Gasteiger partial charge >= 0.3 is 0 Å². The van der Waals surface area contributed by atoms with E-state index in [9.17, 15) is 18.0 Å². The number of fused-ring (bicyclic) bond motifs is 1. The Kier molecular flexibility index (Phi) is 7.33. The van der Waals surface area contributed by atoms with Crippen LogP contribution in [0.4, 0.5) is 5.69 Å². The van der Waals surface area contributed by atoms with Gasteiger partial charge in [-0.05, 0) is 48.7 Å². The highest BCUT2D eigenvalue weighted by molar-refractivity contribution is 7.89. The summed E-state index contributed by atoms with van der Waals surface area (Å²) in [5, 5.41) is 2.55. The number of rotatable bonds is 5. The van der Waals surface area contributed by atoms with Crippen LogP contribution in [0.2, 0.25) is 0 Å². The molecule has 0 bridgehead atoms. The minimum absolute atomic E-state index is 0.0902. The highest BCUT2D eigenvalue weighted by Gasteiger charge is 2.32. The fraction of sp³-hybridized carbons (Fsp3) is 0.360. The van der Waals surface area contributed by atoms with Crippen molar-refractivity contribution in [3.63, 3.8) is 0 Å². The van der Waals surface area contributed by atoms with Gasteiger partial charge in [0.2, 0.25) is 10.0 Å². The lowest BCUT2D eigenvalue weighted by Crippen LogP contribution is -2.49. The minimum atomic E-state index is -3.52. The number of carbonyl (C=O) groups is 2. The minimum Gasteiger partial charge on any atom is -0.477 e. The highest BCUT2D eigenvalue weighted by Crippen LogP contribution is 2.33. The molecule has 8 nitrogen and oxygen atoms in total. The SMILES string of the molecule is CNC(=O)[C@H]1CN(C(=O)/C=C/c2ccc(S(=O)(=O)N3CCCCCC3)cc2)c2ccccc2O1. The predicted octanol–water partition coefficient (Wildman–Crippen LogP) is 2.80. The summed E-state index contributed by atoms with van der Waals surface area (Å²) in [6.45, 7) is 1.19. The molecule has 2 amide bonds. The summed E-state index contributed by atoms with van der Waals surface area (Å²) in [5.74, 6) is -0.143. The van der Waals surface area contributed by atoms with Crippen LogP contribution in [0, 0.1) is 0 Å². The highest BCUT2D eigenvalue weighted by atomic mass is 32.2. The Hall–Kier alpha value is -3.17. The number of nitrogens with zero attached hydrogens (tertiary/aromatic N) is 2. The van der Waals surface area contributed by atoms with Crippen molar-refractivity contribution in [1.82, 2.24) is 9.62 Å². The lowest BCUT2D eigenvalue weighted by Gasteiger charge is -2.33. The van der Waals surface area contributed by atoms with E-state index < -0.39 is 16.1 Å². The first-order valence-electron chi connectivity index (χ1n) is 11.5. The quantitative estimate of drug-likeness (QED) is 0.660. The number of likely N-dealkylation sites (N-methyl/N-ethyl adjacent to an activating group) is 1. The number of hydrogen-bond donors (Lipinski definition) is 1. The van der Waals surface area contributed by atoms with Crippen LogP contribution in [0.1, 0.15) is 31.2 Å².